The van der Waals surface area contributed by atoms with E-state index in [4.69, 9.17) is 11.1 Å². The number of carbonyl (C=O) groups excluding carboxylic acids is 1. The molecule has 0 aliphatic heterocycles. The SMILES string of the molecule is CC(NC(=O)NC1CCCCC1)C(=N)N. The van der Waals surface area contributed by atoms with E-state index in [1.54, 1.807) is 6.92 Å². The van der Waals surface area contributed by atoms with Gasteiger partial charge in [-0.1, -0.05) is 19.3 Å². The topological polar surface area (TPSA) is 91.0 Å². The zero-order valence-electron chi connectivity index (χ0n) is 9.18. The number of amides is 2. The van der Waals surface area contributed by atoms with Crippen LogP contribution in [0.2, 0.25) is 0 Å². The lowest BCUT2D eigenvalue weighted by Gasteiger charge is -2.23. The molecule has 2 amide bonds. The van der Waals surface area contributed by atoms with Crippen LogP contribution in [0.5, 0.6) is 0 Å². The van der Waals surface area contributed by atoms with Crippen molar-refractivity contribution in [1.82, 2.24) is 10.6 Å². The second-order valence-corrected chi connectivity index (χ2v) is 4.13. The Morgan fingerprint density at radius 2 is 2.00 bits per heavy atom. The molecule has 1 unspecified atom stereocenters. The number of urea groups is 1. The number of hydrogen-bond acceptors (Lipinski definition) is 2. The van der Waals surface area contributed by atoms with Gasteiger partial charge in [-0.25, -0.2) is 4.79 Å². The van der Waals surface area contributed by atoms with Gasteiger partial charge in [-0.3, -0.25) is 5.41 Å². The second-order valence-electron chi connectivity index (χ2n) is 4.13. The molecule has 1 fully saturated rings. The highest BCUT2D eigenvalue weighted by atomic mass is 16.2. The fourth-order valence-corrected chi connectivity index (χ4v) is 1.75. The molecule has 0 saturated heterocycles. The minimum atomic E-state index is -0.395. The molecular formula is C10H20N4O. The van der Waals surface area contributed by atoms with Crippen molar-refractivity contribution in [2.24, 2.45) is 5.73 Å². The van der Waals surface area contributed by atoms with E-state index in [-0.39, 0.29) is 17.9 Å². The van der Waals surface area contributed by atoms with Gasteiger partial charge >= 0.3 is 6.03 Å². The Balaban J connectivity index is 2.25. The maximum Gasteiger partial charge on any atom is 0.315 e. The van der Waals surface area contributed by atoms with Crippen LogP contribution in [-0.2, 0) is 0 Å². The van der Waals surface area contributed by atoms with E-state index in [0.29, 0.717) is 0 Å². The first kappa shape index (κ1) is 11.8. The maximum atomic E-state index is 11.5. The zero-order chi connectivity index (χ0) is 11.3. The van der Waals surface area contributed by atoms with Crippen LogP contribution in [0.1, 0.15) is 39.0 Å². The fourth-order valence-electron chi connectivity index (χ4n) is 1.75. The molecule has 0 aromatic rings. The van der Waals surface area contributed by atoms with Crippen molar-refractivity contribution < 1.29 is 4.79 Å². The van der Waals surface area contributed by atoms with Gasteiger partial charge in [0.2, 0.25) is 0 Å². The molecule has 0 aromatic carbocycles. The Morgan fingerprint density at radius 3 is 2.53 bits per heavy atom. The van der Waals surface area contributed by atoms with E-state index >= 15 is 0 Å². The third-order valence-corrected chi connectivity index (χ3v) is 2.75. The van der Waals surface area contributed by atoms with Crippen LogP contribution < -0.4 is 16.4 Å². The van der Waals surface area contributed by atoms with Crippen molar-refractivity contribution in [2.75, 3.05) is 0 Å². The Bertz CT molecular complexity index is 236. The smallest absolute Gasteiger partial charge is 0.315 e. The van der Waals surface area contributed by atoms with Crippen LogP contribution in [0.3, 0.4) is 0 Å². The molecule has 1 atom stereocenters. The summed E-state index contributed by atoms with van der Waals surface area (Å²) >= 11 is 0. The van der Waals surface area contributed by atoms with Crippen LogP contribution >= 0.6 is 0 Å². The number of nitrogens with two attached hydrogens (primary N) is 1. The van der Waals surface area contributed by atoms with Crippen molar-refractivity contribution in [3.8, 4) is 0 Å². The number of hydrogen-bond donors (Lipinski definition) is 4. The number of amidine groups is 1. The van der Waals surface area contributed by atoms with Crippen LogP contribution in [0.15, 0.2) is 0 Å². The Morgan fingerprint density at radius 1 is 1.40 bits per heavy atom. The van der Waals surface area contributed by atoms with Crippen LogP contribution in [0.25, 0.3) is 0 Å². The van der Waals surface area contributed by atoms with Gasteiger partial charge in [0.05, 0.1) is 6.04 Å². The Kier molecular flexibility index (Phi) is 4.39. The summed E-state index contributed by atoms with van der Waals surface area (Å²) < 4.78 is 0. The van der Waals surface area contributed by atoms with E-state index in [9.17, 15) is 4.79 Å². The Labute approximate surface area is 90.3 Å². The standard InChI is InChI=1S/C10H20N4O/c1-7(9(11)12)13-10(15)14-8-5-3-2-4-6-8/h7-8H,2-6H2,1H3,(H3,11,12)(H2,13,14,15). The molecule has 5 nitrogen and oxygen atoms in total. The van der Waals surface area contributed by atoms with Gasteiger partial charge in [0.1, 0.15) is 5.84 Å². The van der Waals surface area contributed by atoms with Gasteiger partial charge in [0.15, 0.2) is 0 Å². The summed E-state index contributed by atoms with van der Waals surface area (Å²) in [6, 6.07) is -0.323. The predicted molar refractivity (Wildman–Crippen MR) is 59.9 cm³/mol. The van der Waals surface area contributed by atoms with Gasteiger partial charge in [0.25, 0.3) is 0 Å². The molecular weight excluding hydrogens is 192 g/mol. The molecule has 0 spiro atoms. The monoisotopic (exact) mass is 212 g/mol. The largest absolute Gasteiger partial charge is 0.386 e. The highest BCUT2D eigenvalue weighted by Crippen LogP contribution is 2.17. The van der Waals surface area contributed by atoms with Crippen molar-refractivity contribution in [1.29, 1.82) is 5.41 Å². The van der Waals surface area contributed by atoms with Crippen molar-refractivity contribution >= 4 is 11.9 Å². The summed E-state index contributed by atoms with van der Waals surface area (Å²) in [4.78, 5) is 11.5. The fraction of sp³-hybridized carbons (Fsp3) is 0.800. The molecule has 1 aliphatic rings. The lowest BCUT2D eigenvalue weighted by atomic mass is 9.96. The molecule has 0 aromatic heterocycles. The van der Waals surface area contributed by atoms with Gasteiger partial charge in [0, 0.05) is 6.04 Å². The van der Waals surface area contributed by atoms with Crippen molar-refractivity contribution in [2.45, 2.75) is 51.1 Å². The van der Waals surface area contributed by atoms with Crippen LogP contribution in [0.4, 0.5) is 4.79 Å². The third kappa shape index (κ3) is 4.18. The summed E-state index contributed by atoms with van der Waals surface area (Å²) in [6.07, 6.45) is 5.76. The molecule has 0 bridgehead atoms. The molecule has 5 N–H and O–H groups in total. The van der Waals surface area contributed by atoms with E-state index < -0.39 is 6.04 Å². The van der Waals surface area contributed by atoms with Gasteiger partial charge in [-0.2, -0.15) is 0 Å². The summed E-state index contributed by atoms with van der Waals surface area (Å²) in [7, 11) is 0. The number of rotatable bonds is 3. The summed E-state index contributed by atoms with van der Waals surface area (Å²) in [5.41, 5.74) is 5.26. The highest BCUT2D eigenvalue weighted by molar-refractivity contribution is 5.87. The summed E-state index contributed by atoms with van der Waals surface area (Å²) in [5, 5.41) is 12.7. The quantitative estimate of drug-likeness (QED) is 0.414. The van der Waals surface area contributed by atoms with E-state index in [1.807, 2.05) is 0 Å². The first-order chi connectivity index (χ1) is 7.09. The second kappa shape index (κ2) is 5.58. The van der Waals surface area contributed by atoms with E-state index in [0.717, 1.165) is 12.8 Å². The van der Waals surface area contributed by atoms with Gasteiger partial charge in [-0.15, -0.1) is 0 Å². The normalized spacial score (nSPS) is 19.3. The Hall–Kier alpha value is -1.26. The molecule has 15 heavy (non-hydrogen) atoms. The molecule has 5 heteroatoms. The van der Waals surface area contributed by atoms with Crippen LogP contribution in [0, 0.1) is 5.41 Å². The average Bonchev–Trinajstić information content (AvgIpc) is 2.18. The molecule has 0 heterocycles. The van der Waals surface area contributed by atoms with E-state index in [2.05, 4.69) is 10.6 Å². The highest BCUT2D eigenvalue weighted by Gasteiger charge is 2.16. The molecule has 0 radical (unpaired) electrons. The molecule has 1 rings (SSSR count). The predicted octanol–water partition coefficient (Wildman–Crippen LogP) is 0.943. The van der Waals surface area contributed by atoms with Gasteiger partial charge in [-0.05, 0) is 19.8 Å². The summed E-state index contributed by atoms with van der Waals surface area (Å²) in [5.74, 6) is -0.0196. The first-order valence-electron chi connectivity index (χ1n) is 5.50. The minimum absolute atomic E-state index is 0.0196. The molecule has 1 aliphatic carbocycles. The minimum Gasteiger partial charge on any atom is -0.386 e. The lowest BCUT2D eigenvalue weighted by molar-refractivity contribution is 0.231. The number of nitrogens with one attached hydrogen (secondary N) is 3. The van der Waals surface area contributed by atoms with Crippen molar-refractivity contribution in [3.05, 3.63) is 0 Å². The number of carbonyl (C=O) groups is 1. The first-order valence-corrected chi connectivity index (χ1v) is 5.50. The summed E-state index contributed by atoms with van der Waals surface area (Å²) in [6.45, 7) is 1.70. The zero-order valence-corrected chi connectivity index (χ0v) is 9.18. The van der Waals surface area contributed by atoms with Gasteiger partial charge < -0.3 is 16.4 Å². The van der Waals surface area contributed by atoms with Crippen LogP contribution in [-0.4, -0.2) is 24.0 Å². The third-order valence-electron chi connectivity index (χ3n) is 2.75. The average molecular weight is 212 g/mol. The molecule has 86 valence electrons. The van der Waals surface area contributed by atoms with Crippen molar-refractivity contribution in [3.63, 3.8) is 0 Å². The molecule has 1 saturated carbocycles. The lowest BCUT2D eigenvalue weighted by Crippen LogP contribution is -2.49. The van der Waals surface area contributed by atoms with E-state index in [1.165, 1.54) is 19.3 Å². The maximum absolute atomic E-state index is 11.5.